The molecule has 1 aliphatic carbocycles. The number of aliphatic carboxylic acids is 1. The summed E-state index contributed by atoms with van der Waals surface area (Å²) < 4.78 is 5.00. The third kappa shape index (κ3) is 3.10. The normalized spacial score (nSPS) is 24.9. The average Bonchev–Trinajstić information content (AvgIpc) is 3.19. The molecular formula is C17H22N2O5S. The Morgan fingerprint density at radius 1 is 1.48 bits per heavy atom. The van der Waals surface area contributed by atoms with E-state index in [1.807, 2.05) is 0 Å². The van der Waals surface area contributed by atoms with E-state index in [0.29, 0.717) is 29.5 Å². The topological polar surface area (TPSA) is 95.9 Å². The first-order valence-electron chi connectivity index (χ1n) is 8.44. The molecule has 1 saturated heterocycles. The van der Waals surface area contributed by atoms with Crippen LogP contribution in [0, 0.1) is 18.3 Å². The van der Waals surface area contributed by atoms with Gasteiger partial charge in [0.25, 0.3) is 0 Å². The summed E-state index contributed by atoms with van der Waals surface area (Å²) in [5, 5.41) is 13.0. The van der Waals surface area contributed by atoms with E-state index in [2.05, 4.69) is 5.32 Å². The second-order valence-corrected chi connectivity index (χ2v) is 7.76. The maximum absolute atomic E-state index is 12.5. The summed E-state index contributed by atoms with van der Waals surface area (Å²) in [5.41, 5.74) is -0.0437. The Morgan fingerprint density at radius 2 is 2.24 bits per heavy atom. The standard InChI is InChI=1S/C17H22N2O5S/c1-3-24-14(20)13-10(2)7-12(25-13)18-16(23)19-8-11-5-4-6-17(11,9-19)15(21)22/h7,11H,3-6,8-9H2,1-2H3,(H,18,23)(H,21,22)/t11-,17+/m0/s1. The van der Waals surface area contributed by atoms with Crippen molar-refractivity contribution >= 4 is 34.3 Å². The van der Waals surface area contributed by atoms with Crippen molar-refractivity contribution in [1.82, 2.24) is 4.90 Å². The predicted octanol–water partition coefficient (Wildman–Crippen LogP) is 2.95. The number of aryl methyl sites for hydroxylation is 1. The van der Waals surface area contributed by atoms with E-state index in [4.69, 9.17) is 4.74 Å². The average molecular weight is 366 g/mol. The third-order valence-electron chi connectivity index (χ3n) is 5.19. The van der Waals surface area contributed by atoms with Crippen molar-refractivity contribution in [3.63, 3.8) is 0 Å². The van der Waals surface area contributed by atoms with Gasteiger partial charge in [0.2, 0.25) is 0 Å². The van der Waals surface area contributed by atoms with Crippen molar-refractivity contribution < 1.29 is 24.2 Å². The SMILES string of the molecule is CCOC(=O)c1sc(NC(=O)N2C[C@@H]3CCC[C@@]3(C(=O)O)C2)cc1C. The summed E-state index contributed by atoms with van der Waals surface area (Å²) in [7, 11) is 0. The molecule has 0 aromatic carbocycles. The van der Waals surface area contributed by atoms with Crippen molar-refractivity contribution in [3.8, 4) is 0 Å². The maximum Gasteiger partial charge on any atom is 0.348 e. The largest absolute Gasteiger partial charge is 0.481 e. The second-order valence-electron chi connectivity index (χ2n) is 6.70. The van der Waals surface area contributed by atoms with Crippen LogP contribution >= 0.6 is 11.3 Å². The lowest BCUT2D eigenvalue weighted by Crippen LogP contribution is -2.38. The van der Waals surface area contributed by atoms with Gasteiger partial charge in [-0.2, -0.15) is 0 Å². The molecule has 1 aromatic heterocycles. The number of nitrogens with one attached hydrogen (secondary N) is 1. The van der Waals surface area contributed by atoms with Crippen LogP contribution in [0.4, 0.5) is 9.80 Å². The fourth-order valence-electron chi connectivity index (χ4n) is 3.92. The van der Waals surface area contributed by atoms with Crippen LogP contribution in [0.2, 0.25) is 0 Å². The summed E-state index contributed by atoms with van der Waals surface area (Å²) >= 11 is 1.17. The van der Waals surface area contributed by atoms with Crippen LogP contribution in [0.25, 0.3) is 0 Å². The van der Waals surface area contributed by atoms with Crippen LogP contribution in [0.1, 0.15) is 41.4 Å². The summed E-state index contributed by atoms with van der Waals surface area (Å²) in [6.07, 6.45) is 2.38. The third-order valence-corrected chi connectivity index (χ3v) is 6.33. The van der Waals surface area contributed by atoms with Crippen LogP contribution in [-0.4, -0.2) is 47.7 Å². The van der Waals surface area contributed by atoms with Gasteiger partial charge in [-0.15, -0.1) is 11.3 Å². The van der Waals surface area contributed by atoms with E-state index in [1.54, 1.807) is 24.8 Å². The number of carboxylic acid groups (broad SMARTS) is 1. The van der Waals surface area contributed by atoms with Crippen molar-refractivity contribution in [2.75, 3.05) is 25.0 Å². The number of hydrogen-bond acceptors (Lipinski definition) is 5. The van der Waals surface area contributed by atoms with E-state index in [1.165, 1.54) is 11.3 Å². The van der Waals surface area contributed by atoms with Gasteiger partial charge >= 0.3 is 18.0 Å². The minimum atomic E-state index is -0.804. The minimum absolute atomic E-state index is 0.0240. The fourth-order valence-corrected chi connectivity index (χ4v) is 4.88. The van der Waals surface area contributed by atoms with Gasteiger partial charge in [0, 0.05) is 13.1 Å². The molecule has 1 aromatic rings. The number of anilines is 1. The number of carbonyl (C=O) groups is 3. The molecule has 2 N–H and O–H groups in total. The number of amides is 2. The fraction of sp³-hybridized carbons (Fsp3) is 0.588. The first-order chi connectivity index (χ1) is 11.9. The lowest BCUT2D eigenvalue weighted by Gasteiger charge is -2.23. The van der Waals surface area contributed by atoms with E-state index in [0.717, 1.165) is 18.4 Å². The van der Waals surface area contributed by atoms with E-state index < -0.39 is 17.4 Å². The number of likely N-dealkylation sites (tertiary alicyclic amines) is 1. The number of fused-ring (bicyclic) bond motifs is 1. The van der Waals surface area contributed by atoms with Gasteiger partial charge in [0.1, 0.15) is 4.88 Å². The van der Waals surface area contributed by atoms with E-state index in [9.17, 15) is 19.5 Å². The Balaban J connectivity index is 1.69. The van der Waals surface area contributed by atoms with Crippen LogP contribution in [0.5, 0.6) is 0 Å². The molecule has 0 bridgehead atoms. The summed E-state index contributed by atoms with van der Waals surface area (Å²) in [6, 6.07) is 1.42. The van der Waals surface area contributed by atoms with Crippen LogP contribution < -0.4 is 5.32 Å². The summed E-state index contributed by atoms with van der Waals surface area (Å²) in [4.78, 5) is 38.2. The Hall–Kier alpha value is -2.09. The molecule has 2 fully saturated rings. The summed E-state index contributed by atoms with van der Waals surface area (Å²) in [6.45, 7) is 4.54. The number of urea groups is 1. The van der Waals surface area contributed by atoms with Gasteiger partial charge in [-0.1, -0.05) is 6.42 Å². The molecule has 0 spiro atoms. The smallest absolute Gasteiger partial charge is 0.348 e. The molecule has 0 unspecified atom stereocenters. The van der Waals surface area contributed by atoms with Gasteiger partial charge < -0.3 is 14.7 Å². The number of ether oxygens (including phenoxy) is 1. The van der Waals surface area contributed by atoms with Gasteiger partial charge in [0.05, 0.1) is 17.0 Å². The monoisotopic (exact) mass is 366 g/mol. The highest BCUT2D eigenvalue weighted by Gasteiger charge is 2.55. The molecule has 1 saturated carbocycles. The predicted molar refractivity (Wildman–Crippen MR) is 93.0 cm³/mol. The van der Waals surface area contributed by atoms with Crippen LogP contribution in [0.15, 0.2) is 6.07 Å². The molecule has 2 heterocycles. The number of nitrogens with zero attached hydrogens (tertiary/aromatic N) is 1. The first kappa shape index (κ1) is 17.7. The van der Waals surface area contributed by atoms with Crippen molar-refractivity contribution in [2.24, 2.45) is 11.3 Å². The van der Waals surface area contributed by atoms with Gasteiger partial charge in [0.15, 0.2) is 0 Å². The molecule has 3 rings (SSSR count). The number of carbonyl (C=O) groups excluding carboxylic acids is 2. The second kappa shape index (κ2) is 6.67. The zero-order chi connectivity index (χ0) is 18.2. The highest BCUT2D eigenvalue weighted by molar-refractivity contribution is 7.18. The first-order valence-corrected chi connectivity index (χ1v) is 9.26. The minimum Gasteiger partial charge on any atom is -0.481 e. The summed E-state index contributed by atoms with van der Waals surface area (Å²) in [5.74, 6) is -1.18. The van der Waals surface area contributed by atoms with Crippen molar-refractivity contribution in [3.05, 3.63) is 16.5 Å². The Kier molecular flexibility index (Phi) is 4.73. The van der Waals surface area contributed by atoms with Crippen LogP contribution in [-0.2, 0) is 9.53 Å². The molecule has 2 amide bonds. The highest BCUT2D eigenvalue weighted by Crippen LogP contribution is 2.49. The Labute approximate surface area is 150 Å². The zero-order valence-electron chi connectivity index (χ0n) is 14.3. The van der Waals surface area contributed by atoms with Crippen molar-refractivity contribution in [1.29, 1.82) is 0 Å². The van der Waals surface area contributed by atoms with Gasteiger partial charge in [-0.05, 0) is 44.2 Å². The van der Waals surface area contributed by atoms with Crippen LogP contribution in [0.3, 0.4) is 0 Å². The zero-order valence-corrected chi connectivity index (χ0v) is 15.1. The number of thiophene rings is 1. The van der Waals surface area contributed by atoms with E-state index >= 15 is 0 Å². The molecular weight excluding hydrogens is 344 g/mol. The Morgan fingerprint density at radius 3 is 2.88 bits per heavy atom. The van der Waals surface area contributed by atoms with E-state index in [-0.39, 0.29) is 18.5 Å². The highest BCUT2D eigenvalue weighted by atomic mass is 32.1. The molecule has 2 aliphatic rings. The lowest BCUT2D eigenvalue weighted by atomic mass is 9.81. The number of esters is 1. The lowest BCUT2D eigenvalue weighted by molar-refractivity contribution is -0.149. The van der Waals surface area contributed by atoms with Gasteiger partial charge in [-0.25, -0.2) is 9.59 Å². The molecule has 25 heavy (non-hydrogen) atoms. The molecule has 1 aliphatic heterocycles. The van der Waals surface area contributed by atoms with Gasteiger partial charge in [-0.3, -0.25) is 10.1 Å². The van der Waals surface area contributed by atoms with Crippen molar-refractivity contribution in [2.45, 2.75) is 33.1 Å². The maximum atomic E-state index is 12.5. The quantitative estimate of drug-likeness (QED) is 0.799. The number of rotatable bonds is 4. The molecule has 136 valence electrons. The molecule has 7 nitrogen and oxygen atoms in total. The molecule has 2 atom stereocenters. The Bertz CT molecular complexity index is 716. The molecule has 8 heteroatoms. The number of carboxylic acids is 1. The molecule has 0 radical (unpaired) electrons. The number of hydrogen-bond donors (Lipinski definition) is 2.